The maximum atomic E-state index is 12.7. The van der Waals surface area contributed by atoms with Crippen molar-refractivity contribution >= 4 is 11.6 Å². The molecule has 0 radical (unpaired) electrons. The van der Waals surface area contributed by atoms with Crippen LogP contribution in [-0.2, 0) is 4.74 Å². The zero-order valence-corrected chi connectivity index (χ0v) is 11.0. The van der Waals surface area contributed by atoms with E-state index in [-0.39, 0.29) is 24.7 Å². The van der Waals surface area contributed by atoms with Crippen LogP contribution in [0.1, 0.15) is 17.3 Å². The number of rotatable bonds is 2. The highest BCUT2D eigenvalue weighted by Gasteiger charge is 2.31. The van der Waals surface area contributed by atoms with E-state index in [1.165, 1.54) is 4.52 Å². The Morgan fingerprint density at radius 3 is 3.25 bits per heavy atom. The monoisotopic (exact) mass is 277 g/mol. The lowest BCUT2D eigenvalue weighted by Gasteiger charge is -2.37. The fraction of sp³-hybridized carbons (Fsp3) is 0.500. The van der Waals surface area contributed by atoms with Crippen molar-refractivity contribution in [2.45, 2.75) is 19.1 Å². The molecule has 1 N–H and O–H groups in total. The largest absolute Gasteiger partial charge is 0.394 e. The smallest absolute Gasteiger partial charge is 0.258 e. The minimum atomic E-state index is -0.342. The van der Waals surface area contributed by atoms with Crippen molar-refractivity contribution < 1.29 is 14.6 Å². The Balaban J connectivity index is 1.93. The minimum Gasteiger partial charge on any atom is -0.394 e. The van der Waals surface area contributed by atoms with Crippen LogP contribution in [0.4, 0.5) is 0 Å². The minimum absolute atomic E-state index is 0.0542. The van der Waals surface area contributed by atoms with Gasteiger partial charge in [0, 0.05) is 12.7 Å². The molecule has 0 bridgehead atoms. The SMILES string of the molecule is CC1COC(CO)CN1C(=O)c1cccn2nnnc12. The third kappa shape index (κ3) is 2.12. The first-order chi connectivity index (χ1) is 9.70. The summed E-state index contributed by atoms with van der Waals surface area (Å²) in [6.45, 7) is 2.57. The number of aliphatic hydroxyl groups is 1. The lowest BCUT2D eigenvalue weighted by atomic mass is 10.1. The van der Waals surface area contributed by atoms with E-state index in [1.54, 1.807) is 23.2 Å². The van der Waals surface area contributed by atoms with Crippen molar-refractivity contribution in [1.82, 2.24) is 24.9 Å². The third-order valence-electron chi connectivity index (χ3n) is 3.42. The molecule has 1 saturated heterocycles. The lowest BCUT2D eigenvalue weighted by Crippen LogP contribution is -2.52. The molecule has 0 aromatic carbocycles. The zero-order chi connectivity index (χ0) is 14.1. The standard InChI is InChI=1S/C12H15N5O3/c1-8-7-20-9(6-18)5-16(8)12(19)10-3-2-4-17-11(10)13-14-15-17/h2-4,8-9,18H,5-7H2,1H3. The number of morpholine rings is 1. The first-order valence-corrected chi connectivity index (χ1v) is 6.41. The molecule has 2 unspecified atom stereocenters. The highest BCUT2D eigenvalue weighted by molar-refractivity contribution is 5.99. The number of tetrazole rings is 1. The fourth-order valence-corrected chi connectivity index (χ4v) is 2.30. The van der Waals surface area contributed by atoms with E-state index in [0.29, 0.717) is 24.4 Å². The number of nitrogens with zero attached hydrogens (tertiary/aromatic N) is 5. The van der Waals surface area contributed by atoms with Crippen LogP contribution >= 0.6 is 0 Å². The lowest BCUT2D eigenvalue weighted by molar-refractivity contribution is -0.0667. The zero-order valence-electron chi connectivity index (χ0n) is 11.0. The average molecular weight is 277 g/mol. The number of hydrogen-bond acceptors (Lipinski definition) is 6. The molecule has 2 aromatic heterocycles. The van der Waals surface area contributed by atoms with Crippen molar-refractivity contribution in [2.75, 3.05) is 19.8 Å². The van der Waals surface area contributed by atoms with E-state index in [0.717, 1.165) is 0 Å². The van der Waals surface area contributed by atoms with Crippen LogP contribution in [0.15, 0.2) is 18.3 Å². The summed E-state index contributed by atoms with van der Waals surface area (Å²) in [6.07, 6.45) is 1.34. The number of carbonyl (C=O) groups is 1. The van der Waals surface area contributed by atoms with E-state index in [4.69, 9.17) is 4.74 Å². The molecular weight excluding hydrogens is 262 g/mol. The topological polar surface area (TPSA) is 92.9 Å². The fourth-order valence-electron chi connectivity index (χ4n) is 2.30. The van der Waals surface area contributed by atoms with E-state index in [2.05, 4.69) is 15.5 Å². The summed E-state index contributed by atoms with van der Waals surface area (Å²) >= 11 is 0. The van der Waals surface area contributed by atoms with Gasteiger partial charge in [-0.3, -0.25) is 4.79 Å². The van der Waals surface area contributed by atoms with Gasteiger partial charge in [0.2, 0.25) is 0 Å². The molecule has 106 valence electrons. The Bertz CT molecular complexity index is 628. The summed E-state index contributed by atoms with van der Waals surface area (Å²) in [7, 11) is 0. The Morgan fingerprint density at radius 1 is 1.60 bits per heavy atom. The molecule has 1 aliphatic rings. The molecule has 1 amide bonds. The van der Waals surface area contributed by atoms with Crippen LogP contribution in [-0.4, -0.2) is 67.9 Å². The predicted octanol–water partition coefficient (Wildman–Crippen LogP) is -0.654. The molecular formula is C12H15N5O3. The molecule has 20 heavy (non-hydrogen) atoms. The Labute approximate surface area is 114 Å². The maximum absolute atomic E-state index is 12.7. The number of pyridine rings is 1. The average Bonchev–Trinajstić information content (AvgIpc) is 2.95. The van der Waals surface area contributed by atoms with Crippen molar-refractivity contribution in [3.8, 4) is 0 Å². The molecule has 3 heterocycles. The quantitative estimate of drug-likeness (QED) is 0.784. The van der Waals surface area contributed by atoms with Crippen molar-refractivity contribution in [3.63, 3.8) is 0 Å². The van der Waals surface area contributed by atoms with Gasteiger partial charge in [-0.05, 0) is 29.5 Å². The van der Waals surface area contributed by atoms with Gasteiger partial charge >= 0.3 is 0 Å². The van der Waals surface area contributed by atoms with Crippen molar-refractivity contribution in [2.24, 2.45) is 0 Å². The first kappa shape index (κ1) is 12.9. The molecule has 0 saturated carbocycles. The van der Waals surface area contributed by atoms with Gasteiger partial charge in [-0.1, -0.05) is 0 Å². The van der Waals surface area contributed by atoms with Gasteiger partial charge in [-0.25, -0.2) is 0 Å². The van der Waals surface area contributed by atoms with Crippen molar-refractivity contribution in [1.29, 1.82) is 0 Å². The van der Waals surface area contributed by atoms with Crippen LogP contribution in [0.3, 0.4) is 0 Å². The first-order valence-electron chi connectivity index (χ1n) is 6.41. The van der Waals surface area contributed by atoms with Gasteiger partial charge in [0.05, 0.1) is 30.9 Å². The summed E-state index contributed by atoms with van der Waals surface area (Å²) in [4.78, 5) is 14.4. The molecule has 0 spiro atoms. The van der Waals surface area contributed by atoms with Crippen LogP contribution in [0.25, 0.3) is 5.65 Å². The van der Waals surface area contributed by atoms with E-state index in [1.807, 2.05) is 6.92 Å². The third-order valence-corrected chi connectivity index (χ3v) is 3.42. The number of fused-ring (bicyclic) bond motifs is 1. The van der Waals surface area contributed by atoms with Crippen LogP contribution in [0.5, 0.6) is 0 Å². The van der Waals surface area contributed by atoms with Gasteiger partial charge in [0.15, 0.2) is 5.65 Å². The van der Waals surface area contributed by atoms with Gasteiger partial charge in [0.25, 0.3) is 5.91 Å². The second-order valence-corrected chi connectivity index (χ2v) is 4.81. The van der Waals surface area contributed by atoms with Gasteiger partial charge in [-0.15, -0.1) is 5.10 Å². The summed E-state index contributed by atoms with van der Waals surface area (Å²) in [5.41, 5.74) is 0.875. The number of ether oxygens (including phenoxy) is 1. The van der Waals surface area contributed by atoms with Crippen LogP contribution in [0.2, 0.25) is 0 Å². The van der Waals surface area contributed by atoms with Crippen molar-refractivity contribution in [3.05, 3.63) is 23.9 Å². The Kier molecular flexibility index (Phi) is 3.33. The number of aliphatic hydroxyl groups excluding tert-OH is 1. The molecule has 8 heteroatoms. The number of carbonyl (C=O) groups excluding carboxylic acids is 1. The summed E-state index contributed by atoms with van der Waals surface area (Å²) in [6, 6.07) is 3.37. The molecule has 8 nitrogen and oxygen atoms in total. The number of aromatic nitrogens is 4. The molecule has 2 aromatic rings. The Morgan fingerprint density at radius 2 is 2.45 bits per heavy atom. The molecule has 3 rings (SSSR count). The summed E-state index contributed by atoms with van der Waals surface area (Å²) in [5, 5.41) is 20.4. The molecule has 0 aliphatic carbocycles. The molecule has 2 atom stereocenters. The van der Waals surface area contributed by atoms with Crippen LogP contribution < -0.4 is 0 Å². The highest BCUT2D eigenvalue weighted by Crippen LogP contribution is 2.17. The number of hydrogen-bond donors (Lipinski definition) is 1. The van der Waals surface area contributed by atoms with E-state index >= 15 is 0 Å². The predicted molar refractivity (Wildman–Crippen MR) is 68.1 cm³/mol. The maximum Gasteiger partial charge on any atom is 0.258 e. The van der Waals surface area contributed by atoms with Crippen LogP contribution in [0, 0.1) is 0 Å². The summed E-state index contributed by atoms with van der Waals surface area (Å²) in [5.74, 6) is -0.153. The second-order valence-electron chi connectivity index (χ2n) is 4.81. The van der Waals surface area contributed by atoms with Gasteiger partial charge in [0.1, 0.15) is 0 Å². The Hall–Kier alpha value is -2.06. The number of amides is 1. The normalized spacial score (nSPS) is 23.2. The summed E-state index contributed by atoms with van der Waals surface area (Å²) < 4.78 is 6.90. The molecule has 1 fully saturated rings. The highest BCUT2D eigenvalue weighted by atomic mass is 16.5. The van der Waals surface area contributed by atoms with E-state index in [9.17, 15) is 9.90 Å². The molecule has 1 aliphatic heterocycles. The van der Waals surface area contributed by atoms with Gasteiger partial charge in [-0.2, -0.15) is 4.52 Å². The van der Waals surface area contributed by atoms with Gasteiger partial charge < -0.3 is 14.7 Å². The van der Waals surface area contributed by atoms with E-state index < -0.39 is 0 Å². The second kappa shape index (κ2) is 5.14.